The van der Waals surface area contributed by atoms with Crippen molar-refractivity contribution in [1.29, 1.82) is 0 Å². The first-order valence-corrected chi connectivity index (χ1v) is 13.9. The minimum atomic E-state index is -0.909. The van der Waals surface area contributed by atoms with Gasteiger partial charge in [0, 0.05) is 209 Å². The minimum absolute atomic E-state index is 0. The Bertz CT molecular complexity index is 734. The van der Waals surface area contributed by atoms with Gasteiger partial charge in [0.25, 0.3) is 11.8 Å². The van der Waals surface area contributed by atoms with Crippen LogP contribution in [0, 0.1) is 42.0 Å². The Kier molecular flexibility index (Phi) is 236. The molecular weight excluding hydrogens is 1200 g/mol. The number of hydrogen-bond donors (Lipinski definition) is 8. The molecule has 2 amide bonds. The van der Waals surface area contributed by atoms with Crippen LogP contribution in [0.5, 0.6) is 0 Å². The number of carbonyl (C=O) groups is 7. The zero-order valence-corrected chi connectivity index (χ0v) is 51.2. The van der Waals surface area contributed by atoms with Gasteiger partial charge in [0.2, 0.25) is 5.97 Å². The van der Waals surface area contributed by atoms with Gasteiger partial charge in [0.15, 0.2) is 0 Å². The van der Waals surface area contributed by atoms with Crippen LogP contribution in [0.2, 0.25) is 0 Å². The van der Waals surface area contributed by atoms with E-state index in [0.717, 1.165) is 0 Å². The van der Waals surface area contributed by atoms with Crippen molar-refractivity contribution < 1.29 is 275 Å². The number of ketones is 4. The number of hydroxylamine groups is 2. The predicted octanol–water partition coefficient (Wildman–Crippen LogP) is -1.85. The number of carbonyl (C=O) groups excluding carboxylic acids is 9. The molecule has 1 heterocycles. The molecule has 1 fully saturated rings. The second kappa shape index (κ2) is 118. The maximum absolute atomic E-state index is 10.7. The van der Waals surface area contributed by atoms with Crippen molar-refractivity contribution in [1.82, 2.24) is 5.06 Å². The summed E-state index contributed by atoms with van der Waals surface area (Å²) in [7, 11) is 3.00. The molecular formula is C31H63N3O16Y6-6. The maximum atomic E-state index is 10.7. The molecule has 1 saturated heterocycles. The molecule has 1 rings (SSSR count). The van der Waals surface area contributed by atoms with E-state index in [9.17, 15) is 33.6 Å². The van der Waals surface area contributed by atoms with Crippen LogP contribution in [0.4, 0.5) is 0 Å². The van der Waals surface area contributed by atoms with Crippen LogP contribution in [-0.2, 0) is 244 Å². The molecule has 0 saturated carbocycles. The molecule has 0 aromatic carbocycles. The molecule has 322 valence electrons. The Morgan fingerprint density at radius 2 is 0.696 bits per heavy atom. The summed E-state index contributed by atoms with van der Waals surface area (Å²) in [6, 6.07) is 0. The number of aliphatic hydroxyl groups is 6. The van der Waals surface area contributed by atoms with Gasteiger partial charge in [0.05, 0.1) is 39.6 Å². The third kappa shape index (κ3) is 215. The number of Topliss-reactive ketones (excluding diaryl/α,β-unsaturated/α-hetero) is 4. The number of aliphatic hydroxyl groups excluding tert-OH is 6. The first kappa shape index (κ1) is 112. The zero-order chi connectivity index (χ0) is 41.8. The Morgan fingerprint density at radius 3 is 0.768 bits per heavy atom. The maximum Gasteiger partial charge on any atom is 0.373 e. The second-order valence-electron chi connectivity index (χ2n) is 6.85. The van der Waals surface area contributed by atoms with E-state index < -0.39 is 17.8 Å². The summed E-state index contributed by atoms with van der Waals surface area (Å²) < 4.78 is 0. The fraction of sp³-hybridized carbons (Fsp3) is 0.548. The Hall–Kier alpha value is 2.32. The summed E-state index contributed by atoms with van der Waals surface area (Å²) in [4.78, 5) is 90.6. The number of nitrogens with zero attached hydrogens (tertiary/aromatic N) is 1. The minimum Gasteiger partial charge on any atom is -0.394 e. The molecule has 56 heavy (non-hydrogen) atoms. The van der Waals surface area contributed by atoms with Crippen LogP contribution in [0.1, 0.15) is 59.8 Å². The zero-order valence-electron chi connectivity index (χ0n) is 34.1. The number of nitrogens with two attached hydrogens (primary N) is 2. The van der Waals surface area contributed by atoms with E-state index in [0.29, 0.717) is 24.3 Å². The van der Waals surface area contributed by atoms with Gasteiger partial charge in [-0.1, -0.05) is 20.8 Å². The van der Waals surface area contributed by atoms with E-state index >= 15 is 0 Å². The van der Waals surface area contributed by atoms with E-state index in [4.69, 9.17) is 40.2 Å². The predicted molar refractivity (Wildman–Crippen MR) is 185 cm³/mol. The molecule has 0 bridgehead atoms. The van der Waals surface area contributed by atoms with Gasteiger partial charge in [-0.25, -0.2) is 0 Å². The molecule has 0 aliphatic carbocycles. The quantitative estimate of drug-likeness (QED) is 0.102. The number of imide groups is 1. The summed E-state index contributed by atoms with van der Waals surface area (Å²) in [5.41, 5.74) is 9.00. The average molecular weight is 1270 g/mol. The average Bonchev–Trinajstić information content (AvgIpc) is 3.39. The van der Waals surface area contributed by atoms with Crippen molar-refractivity contribution in [3.8, 4) is 0 Å². The molecule has 0 spiro atoms. The molecule has 19 nitrogen and oxygen atoms in total. The van der Waals surface area contributed by atoms with Crippen LogP contribution in [-0.4, -0.2) is 137 Å². The van der Waals surface area contributed by atoms with E-state index in [1.807, 2.05) is 0 Å². The fourth-order valence-electron chi connectivity index (χ4n) is 0.760. The van der Waals surface area contributed by atoms with Crippen LogP contribution >= 0.6 is 0 Å². The third-order valence-corrected chi connectivity index (χ3v) is 2.68. The van der Waals surface area contributed by atoms with Gasteiger partial charge >= 0.3 is 6.15 Å². The van der Waals surface area contributed by atoms with E-state index in [2.05, 4.69) is 50.9 Å². The van der Waals surface area contributed by atoms with Crippen molar-refractivity contribution in [3.63, 3.8) is 0 Å². The van der Waals surface area contributed by atoms with Crippen LogP contribution in [0.25, 0.3) is 0 Å². The summed E-state index contributed by atoms with van der Waals surface area (Å²) in [6.45, 7) is 21.2. The monoisotopic (exact) mass is 1270 g/mol. The van der Waals surface area contributed by atoms with Crippen LogP contribution in [0.3, 0.4) is 0 Å². The Balaban J connectivity index is -0.0000000204. The molecule has 10 N–H and O–H groups in total. The molecule has 0 aromatic heterocycles. The largest absolute Gasteiger partial charge is 0.394 e. The van der Waals surface area contributed by atoms with Crippen molar-refractivity contribution in [2.75, 3.05) is 53.7 Å². The molecule has 1 aliphatic rings. The van der Waals surface area contributed by atoms with Gasteiger partial charge < -0.3 is 101 Å². The van der Waals surface area contributed by atoms with Crippen molar-refractivity contribution >= 4 is 47.1 Å². The first-order chi connectivity index (χ1) is 22.8. The summed E-state index contributed by atoms with van der Waals surface area (Å²) >= 11 is 0. The first-order valence-electron chi connectivity index (χ1n) is 13.9. The van der Waals surface area contributed by atoms with Gasteiger partial charge in [-0.3, -0.25) is 21.3 Å². The second-order valence-corrected chi connectivity index (χ2v) is 6.85. The summed E-state index contributed by atoms with van der Waals surface area (Å²) in [5.74, 6) is -1.97. The topological polar surface area (TPSA) is 340 Å². The van der Waals surface area contributed by atoms with Crippen molar-refractivity contribution in [2.24, 2.45) is 11.5 Å². The molecule has 6 radical (unpaired) electrons. The normalized spacial score (nSPS) is 7.79. The van der Waals surface area contributed by atoms with E-state index in [-0.39, 0.29) is 285 Å². The Morgan fingerprint density at radius 1 is 0.571 bits per heavy atom. The number of amides is 2. The smallest absolute Gasteiger partial charge is 0.373 e. The Labute approximate surface area is 486 Å². The fourth-order valence-corrected chi connectivity index (χ4v) is 0.760. The molecule has 25 heteroatoms. The van der Waals surface area contributed by atoms with Crippen molar-refractivity contribution in [2.45, 2.75) is 59.8 Å². The number of rotatable bonds is 7. The molecule has 0 unspecified atom stereocenters. The molecule has 1 aliphatic heterocycles. The van der Waals surface area contributed by atoms with E-state index in [1.165, 1.54) is 21.0 Å². The van der Waals surface area contributed by atoms with Gasteiger partial charge in [0.1, 0.15) is 0 Å². The SMILES string of the molecule is CN.CN.O=C=O.OCCO.OCCO.OCCO.[CH2-]C(=O)CC.[CH2-]C(=O)CC.[CH2-]C(=O)CC.[CH2-]C(=O)ON1C(=O)CCC1=O.[CH2-]C(C)=O.[CH3-].[Y].[Y].[Y].[Y].[Y].[Y]. The third-order valence-electron chi connectivity index (χ3n) is 2.68. The summed E-state index contributed by atoms with van der Waals surface area (Å²) in [5, 5.41) is 46.2. The van der Waals surface area contributed by atoms with Gasteiger partial charge in [-0.05, 0) is 63.4 Å². The van der Waals surface area contributed by atoms with E-state index in [1.54, 1.807) is 20.8 Å². The van der Waals surface area contributed by atoms with Gasteiger partial charge in [-0.2, -0.15) is 9.59 Å². The summed E-state index contributed by atoms with van der Waals surface area (Å²) in [6.07, 6.45) is 2.12. The molecule has 0 atom stereocenters. The van der Waals surface area contributed by atoms with Crippen molar-refractivity contribution in [3.05, 3.63) is 42.0 Å². The molecule has 0 aromatic rings. The van der Waals surface area contributed by atoms with Crippen LogP contribution < -0.4 is 11.5 Å². The standard InChI is InChI=1S/C6H6NO4.3C4H7O.C3H5O.3C2H6O2.2CH5N.CO2.CH3.6Y/c1-4(8)11-7-5(9)2-3-6(7)10;3*1-3-4(2)5;1-3(2)4;3*3-1-2-4;2*1-2;2-1-3;;;;;;;/h1-3H2;3*2-3H2,1H3;1H2,2H3;3*3-4H,1-2H2;2*2H2,1H3;;1H3;;;;;;/q5*-1;;;;;;;-1;;;;;;. The number of hydrogen-bond acceptors (Lipinski definition) is 18. The van der Waals surface area contributed by atoms with Gasteiger partial charge in [-0.15, -0.1) is 5.06 Å². The van der Waals surface area contributed by atoms with Crippen LogP contribution in [0.15, 0.2) is 0 Å².